The van der Waals surface area contributed by atoms with Crippen molar-refractivity contribution < 1.29 is 11.7 Å². The SMILES string of the molecule is Cc1cc[c]([Hf]([I])([I])[c]2ccc(C)cc2)cc1. The molecule has 0 atom stereocenters. The molecule has 0 heterocycles. The molecule has 2 aromatic rings. The maximum atomic E-state index is 2.74. The van der Waals surface area contributed by atoms with Crippen LogP contribution in [0.1, 0.15) is 11.1 Å². The van der Waals surface area contributed by atoms with Gasteiger partial charge in [0.05, 0.1) is 0 Å². The van der Waals surface area contributed by atoms with Crippen LogP contribution in [0.5, 0.6) is 0 Å². The first-order valence-corrected chi connectivity index (χ1v) is 29.5. The van der Waals surface area contributed by atoms with E-state index in [0.717, 1.165) is 0 Å². The minimum atomic E-state index is -2.50. The molecule has 0 saturated carbocycles. The van der Waals surface area contributed by atoms with E-state index in [1.165, 1.54) is 11.1 Å². The summed E-state index contributed by atoms with van der Waals surface area (Å²) in [6.07, 6.45) is 0. The van der Waals surface area contributed by atoms with Crippen LogP contribution in [0.15, 0.2) is 48.5 Å². The third-order valence-electron chi connectivity index (χ3n) is 2.83. The Bertz CT molecular complexity index is 453. The molecule has 0 aliphatic heterocycles. The Morgan fingerprint density at radius 1 is 0.647 bits per heavy atom. The molecule has 88 valence electrons. The van der Waals surface area contributed by atoms with Gasteiger partial charge in [-0.15, -0.1) is 0 Å². The van der Waals surface area contributed by atoms with Gasteiger partial charge in [0.25, 0.3) is 0 Å². The maximum absolute atomic E-state index is 2.74. The first-order chi connectivity index (χ1) is 8.00. The Morgan fingerprint density at radius 2 is 0.941 bits per heavy atom. The van der Waals surface area contributed by atoms with Crippen LogP contribution < -0.4 is 6.64 Å². The van der Waals surface area contributed by atoms with Crippen molar-refractivity contribution in [3.8, 4) is 0 Å². The van der Waals surface area contributed by atoms with Crippen molar-refractivity contribution in [2.45, 2.75) is 13.8 Å². The van der Waals surface area contributed by atoms with Gasteiger partial charge in [-0.2, -0.15) is 0 Å². The van der Waals surface area contributed by atoms with E-state index < -0.39 is 11.7 Å². The number of benzene rings is 2. The topological polar surface area (TPSA) is 0 Å². The number of aryl methyl sites for hydroxylation is 2. The molecule has 17 heavy (non-hydrogen) atoms. The van der Waals surface area contributed by atoms with Gasteiger partial charge in [0.2, 0.25) is 0 Å². The van der Waals surface area contributed by atoms with Crippen molar-refractivity contribution in [2.24, 2.45) is 0 Å². The molecule has 0 aliphatic carbocycles. The molecule has 0 aromatic heterocycles. The number of rotatable bonds is 2. The third kappa shape index (κ3) is 3.41. The second-order valence-electron chi connectivity index (χ2n) is 4.31. The average Bonchev–Trinajstić information content (AvgIpc) is 2.30. The van der Waals surface area contributed by atoms with Gasteiger partial charge in [-0.25, -0.2) is 0 Å². The summed E-state index contributed by atoms with van der Waals surface area (Å²) in [5.74, 6) is 0. The Morgan fingerprint density at radius 3 is 1.24 bits per heavy atom. The molecule has 0 N–H and O–H groups in total. The first kappa shape index (κ1) is 14.2. The molecular formula is C14H14HfI2. The van der Waals surface area contributed by atoms with Gasteiger partial charge in [0.15, 0.2) is 0 Å². The fourth-order valence-corrected chi connectivity index (χ4v) is 18.9. The van der Waals surface area contributed by atoms with Crippen LogP contribution in [-0.4, -0.2) is 0 Å². The van der Waals surface area contributed by atoms with Gasteiger partial charge < -0.3 is 0 Å². The minimum absolute atomic E-state index is 1.34. The van der Waals surface area contributed by atoms with Crippen LogP contribution in [0.4, 0.5) is 0 Å². The van der Waals surface area contributed by atoms with E-state index in [1.54, 1.807) is 6.64 Å². The summed E-state index contributed by atoms with van der Waals surface area (Å²) in [4.78, 5) is 0. The summed E-state index contributed by atoms with van der Waals surface area (Å²) in [7, 11) is 0. The van der Waals surface area contributed by atoms with Crippen LogP contribution in [-0.2, 0) is 11.7 Å². The molecular weight excluding hydrogens is 600 g/mol. The second-order valence-corrected chi connectivity index (χ2v) is 56.0. The fourth-order valence-electron chi connectivity index (χ4n) is 1.69. The fraction of sp³-hybridized carbons (Fsp3) is 0.143. The summed E-state index contributed by atoms with van der Waals surface area (Å²) >= 11 is 2.97. The molecule has 3 heteroatoms. The van der Waals surface area contributed by atoms with Gasteiger partial charge in [-0.05, 0) is 0 Å². The van der Waals surface area contributed by atoms with E-state index in [4.69, 9.17) is 0 Å². The number of hydrogen-bond donors (Lipinski definition) is 0. The van der Waals surface area contributed by atoms with Crippen molar-refractivity contribution in [3.05, 3.63) is 59.7 Å². The Labute approximate surface area is 126 Å². The monoisotopic (exact) mass is 616 g/mol. The zero-order valence-electron chi connectivity index (χ0n) is 9.87. The molecule has 0 radical (unpaired) electrons. The third-order valence-corrected chi connectivity index (χ3v) is 30.8. The van der Waals surface area contributed by atoms with E-state index in [2.05, 4.69) is 98.7 Å². The van der Waals surface area contributed by atoms with Crippen molar-refractivity contribution >= 4 is 42.9 Å². The summed E-state index contributed by atoms with van der Waals surface area (Å²) in [5.41, 5.74) is 2.68. The Balaban J connectivity index is 2.41. The molecule has 0 spiro atoms. The first-order valence-electron chi connectivity index (χ1n) is 5.52. The van der Waals surface area contributed by atoms with Crippen LogP contribution >= 0.6 is 36.3 Å². The van der Waals surface area contributed by atoms with E-state index in [9.17, 15) is 0 Å². The number of halogens is 2. The predicted molar refractivity (Wildman–Crippen MR) is 89.7 cm³/mol. The van der Waals surface area contributed by atoms with Gasteiger partial charge in [-0.1, -0.05) is 0 Å². The van der Waals surface area contributed by atoms with E-state index in [-0.39, 0.29) is 0 Å². The van der Waals surface area contributed by atoms with E-state index in [0.29, 0.717) is 0 Å². The van der Waals surface area contributed by atoms with Gasteiger partial charge in [-0.3, -0.25) is 0 Å². The van der Waals surface area contributed by atoms with E-state index >= 15 is 0 Å². The van der Waals surface area contributed by atoms with Crippen molar-refractivity contribution in [2.75, 3.05) is 0 Å². The average molecular weight is 615 g/mol. The van der Waals surface area contributed by atoms with Crippen molar-refractivity contribution in [1.82, 2.24) is 0 Å². The van der Waals surface area contributed by atoms with Crippen LogP contribution in [0.2, 0.25) is 0 Å². The molecule has 2 rings (SSSR count). The zero-order valence-corrected chi connectivity index (χ0v) is 17.8. The zero-order chi connectivity index (χ0) is 12.5. The molecule has 0 aliphatic rings. The molecule has 0 amide bonds. The molecule has 0 unspecified atom stereocenters. The van der Waals surface area contributed by atoms with Crippen molar-refractivity contribution in [3.63, 3.8) is 0 Å². The summed E-state index contributed by atoms with van der Waals surface area (Å²) < 4.78 is 3.13. The Kier molecular flexibility index (Phi) is 4.86. The van der Waals surface area contributed by atoms with Crippen LogP contribution in [0.3, 0.4) is 0 Å². The predicted octanol–water partition coefficient (Wildman–Crippen LogP) is 4.11. The molecule has 0 fully saturated rings. The quantitative estimate of drug-likeness (QED) is 0.353. The summed E-state index contributed by atoms with van der Waals surface area (Å²) in [6, 6.07) is 18.2. The van der Waals surface area contributed by atoms with E-state index in [1.807, 2.05) is 0 Å². The Hall–Kier alpha value is 0.770. The van der Waals surface area contributed by atoms with Gasteiger partial charge >= 0.3 is 128 Å². The molecule has 0 nitrogen and oxygen atoms in total. The van der Waals surface area contributed by atoms with Crippen LogP contribution in [0, 0.1) is 13.8 Å². The molecule has 2 aromatic carbocycles. The number of hydrogen-bond acceptors (Lipinski definition) is 0. The van der Waals surface area contributed by atoms with Crippen molar-refractivity contribution in [1.29, 1.82) is 0 Å². The second kappa shape index (κ2) is 5.82. The van der Waals surface area contributed by atoms with Gasteiger partial charge in [0, 0.05) is 0 Å². The van der Waals surface area contributed by atoms with Crippen LogP contribution in [0.25, 0.3) is 0 Å². The summed E-state index contributed by atoms with van der Waals surface area (Å²) in [6.45, 7) is 4.29. The normalized spacial score (nSPS) is 11.5. The van der Waals surface area contributed by atoms with Gasteiger partial charge in [0.1, 0.15) is 0 Å². The standard InChI is InChI=1S/2C7H7.Hf.2HI/c2*1-7-5-3-2-4-6-7;;;/h2*3-6H,1H3;;2*1H/q;;+2;;/p-2. The molecule has 0 saturated heterocycles. The summed E-state index contributed by atoms with van der Waals surface area (Å²) in [5, 5.41) is 0. The molecule has 0 bridgehead atoms.